The Bertz CT molecular complexity index is 1320. The normalized spacial score (nSPS) is 11.4. The van der Waals surface area contributed by atoms with Gasteiger partial charge in [0.05, 0.1) is 18.0 Å². The SMILES string of the molecule is CC(C)NC(=O)N(Cc1ccc(Cl)nc1Cl)c1ccc(NS(=O)(=O)Cc2ccc(F)cc2)c(F)c1. The molecule has 12 heteroatoms. The van der Waals surface area contributed by atoms with E-state index in [0.717, 1.165) is 18.2 Å². The van der Waals surface area contributed by atoms with E-state index in [1.54, 1.807) is 19.9 Å². The number of aromatic nitrogens is 1. The molecule has 7 nitrogen and oxygen atoms in total. The molecule has 35 heavy (non-hydrogen) atoms. The lowest BCUT2D eigenvalue weighted by Gasteiger charge is -2.25. The number of carbonyl (C=O) groups is 1. The second-order valence-corrected chi connectivity index (χ2v) is 10.4. The Morgan fingerprint density at radius 2 is 1.74 bits per heavy atom. The van der Waals surface area contributed by atoms with Gasteiger partial charge in [0.15, 0.2) is 0 Å². The van der Waals surface area contributed by atoms with Crippen LogP contribution in [0.4, 0.5) is 25.0 Å². The quantitative estimate of drug-likeness (QED) is 0.355. The molecule has 0 aliphatic rings. The van der Waals surface area contributed by atoms with Crippen molar-refractivity contribution in [3.05, 3.63) is 87.7 Å². The van der Waals surface area contributed by atoms with E-state index in [1.165, 1.54) is 35.2 Å². The molecule has 1 heterocycles. The predicted molar refractivity (Wildman–Crippen MR) is 133 cm³/mol. The first-order valence-electron chi connectivity index (χ1n) is 10.4. The molecule has 0 radical (unpaired) electrons. The first-order valence-corrected chi connectivity index (χ1v) is 12.8. The van der Waals surface area contributed by atoms with Gasteiger partial charge in [-0.05, 0) is 55.8 Å². The topological polar surface area (TPSA) is 91.4 Å². The lowest BCUT2D eigenvalue weighted by Crippen LogP contribution is -2.42. The lowest BCUT2D eigenvalue weighted by atomic mass is 10.2. The van der Waals surface area contributed by atoms with Crippen molar-refractivity contribution < 1.29 is 22.0 Å². The molecule has 0 bridgehead atoms. The lowest BCUT2D eigenvalue weighted by molar-refractivity contribution is 0.243. The molecule has 2 aromatic carbocycles. The molecule has 0 spiro atoms. The maximum absolute atomic E-state index is 14.9. The highest BCUT2D eigenvalue weighted by molar-refractivity contribution is 7.91. The van der Waals surface area contributed by atoms with Crippen molar-refractivity contribution >= 4 is 50.6 Å². The number of amides is 2. The van der Waals surface area contributed by atoms with Gasteiger partial charge >= 0.3 is 6.03 Å². The Balaban J connectivity index is 1.86. The maximum Gasteiger partial charge on any atom is 0.322 e. The molecular weight excluding hydrogens is 521 g/mol. The van der Waals surface area contributed by atoms with Gasteiger partial charge in [0.1, 0.15) is 21.9 Å². The van der Waals surface area contributed by atoms with Crippen molar-refractivity contribution in [1.29, 1.82) is 0 Å². The van der Waals surface area contributed by atoms with Crippen LogP contribution in [0.2, 0.25) is 10.3 Å². The minimum atomic E-state index is -3.99. The third-order valence-corrected chi connectivity index (χ3v) is 6.46. The van der Waals surface area contributed by atoms with Gasteiger partial charge in [-0.3, -0.25) is 9.62 Å². The molecule has 1 aromatic heterocycles. The Morgan fingerprint density at radius 3 is 2.34 bits per heavy atom. The van der Waals surface area contributed by atoms with E-state index in [9.17, 15) is 22.0 Å². The summed E-state index contributed by atoms with van der Waals surface area (Å²) in [4.78, 5) is 18.1. The summed E-state index contributed by atoms with van der Waals surface area (Å²) in [5, 5.41) is 3.00. The van der Waals surface area contributed by atoms with Crippen LogP contribution in [0.5, 0.6) is 0 Å². The summed E-state index contributed by atoms with van der Waals surface area (Å²) in [6, 6.07) is 11.0. The van der Waals surface area contributed by atoms with Crippen LogP contribution in [0.15, 0.2) is 54.6 Å². The molecule has 0 unspecified atom stereocenters. The van der Waals surface area contributed by atoms with Crippen molar-refractivity contribution in [3.8, 4) is 0 Å². The van der Waals surface area contributed by atoms with Gasteiger partial charge in [0, 0.05) is 17.3 Å². The zero-order valence-electron chi connectivity index (χ0n) is 18.7. The highest BCUT2D eigenvalue weighted by atomic mass is 35.5. The fourth-order valence-electron chi connectivity index (χ4n) is 3.09. The standard InChI is InChI=1S/C23H22Cl2F2N4O3S/c1-14(2)28-23(32)31(12-16-5-10-21(24)29-22(16)25)18-8-9-20(19(27)11-18)30-35(33,34)13-15-3-6-17(26)7-4-15/h3-11,14,30H,12-13H2,1-2H3,(H,28,32). The summed E-state index contributed by atoms with van der Waals surface area (Å²) in [5.41, 5.74) is 0.666. The monoisotopic (exact) mass is 542 g/mol. The van der Waals surface area contributed by atoms with Crippen LogP contribution in [0.1, 0.15) is 25.0 Å². The molecule has 0 saturated carbocycles. The molecule has 2 amide bonds. The van der Waals surface area contributed by atoms with Crippen LogP contribution in [-0.2, 0) is 22.3 Å². The summed E-state index contributed by atoms with van der Waals surface area (Å²) in [7, 11) is -3.99. The first-order chi connectivity index (χ1) is 16.4. The molecule has 3 aromatic rings. The molecule has 2 N–H and O–H groups in total. The van der Waals surface area contributed by atoms with Crippen LogP contribution in [0.3, 0.4) is 0 Å². The number of nitrogens with one attached hydrogen (secondary N) is 2. The van der Waals surface area contributed by atoms with E-state index in [0.29, 0.717) is 11.1 Å². The number of carbonyl (C=O) groups excluding carboxylic acids is 1. The zero-order chi connectivity index (χ0) is 25.8. The van der Waals surface area contributed by atoms with E-state index in [2.05, 4.69) is 15.0 Å². The number of hydrogen-bond donors (Lipinski definition) is 2. The molecule has 3 rings (SSSR count). The largest absolute Gasteiger partial charge is 0.336 e. The molecule has 0 atom stereocenters. The Labute approximate surface area is 212 Å². The van der Waals surface area contributed by atoms with E-state index < -0.39 is 33.4 Å². The second kappa shape index (κ2) is 11.2. The number of anilines is 2. The molecule has 0 aliphatic heterocycles. The second-order valence-electron chi connectivity index (χ2n) is 7.93. The van der Waals surface area contributed by atoms with Gasteiger partial charge in [-0.1, -0.05) is 41.4 Å². The van der Waals surface area contributed by atoms with Gasteiger partial charge in [0.25, 0.3) is 0 Å². The highest BCUT2D eigenvalue weighted by Crippen LogP contribution is 2.27. The number of rotatable bonds is 8. The van der Waals surface area contributed by atoms with Gasteiger partial charge in [-0.2, -0.15) is 0 Å². The summed E-state index contributed by atoms with van der Waals surface area (Å²) in [5.74, 6) is -1.87. The maximum atomic E-state index is 14.9. The molecule has 186 valence electrons. The highest BCUT2D eigenvalue weighted by Gasteiger charge is 2.21. The average molecular weight is 543 g/mol. The molecule has 0 fully saturated rings. The van der Waals surface area contributed by atoms with Crippen LogP contribution in [0, 0.1) is 11.6 Å². The van der Waals surface area contributed by atoms with Crippen molar-refractivity contribution in [2.45, 2.75) is 32.2 Å². The predicted octanol–water partition coefficient (Wildman–Crippen LogP) is 5.73. The number of hydrogen-bond acceptors (Lipinski definition) is 4. The van der Waals surface area contributed by atoms with Crippen molar-refractivity contribution in [1.82, 2.24) is 10.3 Å². The van der Waals surface area contributed by atoms with E-state index in [-0.39, 0.29) is 34.3 Å². The number of sulfonamides is 1. The number of pyridine rings is 1. The van der Waals surface area contributed by atoms with Crippen LogP contribution >= 0.6 is 23.2 Å². The first kappa shape index (κ1) is 26.7. The Morgan fingerprint density at radius 1 is 1.06 bits per heavy atom. The summed E-state index contributed by atoms with van der Waals surface area (Å²) in [6.07, 6.45) is 0. The van der Waals surface area contributed by atoms with Crippen LogP contribution < -0.4 is 14.9 Å². The minimum Gasteiger partial charge on any atom is -0.336 e. The molecule has 0 aliphatic carbocycles. The Kier molecular flexibility index (Phi) is 8.52. The third-order valence-electron chi connectivity index (χ3n) is 4.68. The minimum absolute atomic E-state index is 0.0450. The number of nitrogens with zero attached hydrogens (tertiary/aromatic N) is 2. The molecular formula is C23H22Cl2F2N4O3S. The van der Waals surface area contributed by atoms with E-state index in [4.69, 9.17) is 23.2 Å². The van der Waals surface area contributed by atoms with Gasteiger partial charge < -0.3 is 5.32 Å². The van der Waals surface area contributed by atoms with Gasteiger partial charge in [-0.25, -0.2) is 27.0 Å². The van der Waals surface area contributed by atoms with Gasteiger partial charge in [0.2, 0.25) is 10.0 Å². The number of urea groups is 1. The smallest absolute Gasteiger partial charge is 0.322 e. The van der Waals surface area contributed by atoms with Crippen LogP contribution in [-0.4, -0.2) is 25.5 Å². The average Bonchev–Trinajstić information content (AvgIpc) is 2.75. The fraction of sp³-hybridized carbons (Fsp3) is 0.217. The number of halogens is 4. The summed E-state index contributed by atoms with van der Waals surface area (Å²) in [6.45, 7) is 3.50. The van der Waals surface area contributed by atoms with E-state index in [1.807, 2.05) is 0 Å². The van der Waals surface area contributed by atoms with E-state index >= 15 is 0 Å². The number of benzene rings is 2. The summed E-state index contributed by atoms with van der Waals surface area (Å²) >= 11 is 12.0. The molecule has 0 saturated heterocycles. The Hall–Kier alpha value is -2.95. The van der Waals surface area contributed by atoms with Crippen molar-refractivity contribution in [2.75, 3.05) is 9.62 Å². The van der Waals surface area contributed by atoms with Crippen molar-refractivity contribution in [2.24, 2.45) is 0 Å². The zero-order valence-corrected chi connectivity index (χ0v) is 21.1. The fourth-order valence-corrected chi connectivity index (χ4v) is 4.70. The van der Waals surface area contributed by atoms with Gasteiger partial charge in [-0.15, -0.1) is 0 Å². The van der Waals surface area contributed by atoms with Crippen LogP contribution in [0.25, 0.3) is 0 Å². The van der Waals surface area contributed by atoms with Crippen molar-refractivity contribution in [3.63, 3.8) is 0 Å². The third kappa shape index (κ3) is 7.51. The summed E-state index contributed by atoms with van der Waals surface area (Å²) < 4.78 is 55.1.